The lowest BCUT2D eigenvalue weighted by atomic mass is 10.1. The molecule has 0 radical (unpaired) electrons. The Bertz CT molecular complexity index is 445. The van der Waals surface area contributed by atoms with Gasteiger partial charge in [0, 0.05) is 19.0 Å². The van der Waals surface area contributed by atoms with E-state index in [9.17, 15) is 13.6 Å². The van der Waals surface area contributed by atoms with E-state index < -0.39 is 6.61 Å². The second-order valence-corrected chi connectivity index (χ2v) is 5.12. The Labute approximate surface area is 122 Å². The van der Waals surface area contributed by atoms with Gasteiger partial charge in [0.2, 0.25) is 5.91 Å². The van der Waals surface area contributed by atoms with Crippen molar-refractivity contribution in [1.82, 2.24) is 10.6 Å². The van der Waals surface area contributed by atoms with Gasteiger partial charge in [0.15, 0.2) is 0 Å². The summed E-state index contributed by atoms with van der Waals surface area (Å²) in [5, 5.41) is 6.16. The highest BCUT2D eigenvalue weighted by molar-refractivity contribution is 5.76. The molecule has 1 atom stereocenters. The summed E-state index contributed by atoms with van der Waals surface area (Å²) in [5.41, 5.74) is 0.968. The molecule has 1 unspecified atom stereocenters. The van der Waals surface area contributed by atoms with Crippen molar-refractivity contribution in [3.63, 3.8) is 0 Å². The second kappa shape index (κ2) is 7.93. The van der Waals surface area contributed by atoms with Crippen molar-refractivity contribution in [2.75, 3.05) is 13.1 Å². The van der Waals surface area contributed by atoms with E-state index in [-0.39, 0.29) is 11.7 Å². The van der Waals surface area contributed by atoms with Crippen molar-refractivity contribution >= 4 is 5.91 Å². The van der Waals surface area contributed by atoms with Gasteiger partial charge in [0.25, 0.3) is 0 Å². The van der Waals surface area contributed by atoms with Crippen molar-refractivity contribution in [3.8, 4) is 5.75 Å². The smallest absolute Gasteiger partial charge is 0.387 e. The Kier molecular flexibility index (Phi) is 5.92. The number of amides is 1. The second-order valence-electron chi connectivity index (χ2n) is 5.12. The molecule has 4 nitrogen and oxygen atoms in total. The lowest BCUT2D eigenvalue weighted by Gasteiger charge is -2.10. The van der Waals surface area contributed by atoms with E-state index in [1.807, 2.05) is 0 Å². The Morgan fingerprint density at radius 3 is 2.76 bits per heavy atom. The number of carbonyl (C=O) groups excluding carboxylic acids is 1. The number of alkyl halides is 2. The van der Waals surface area contributed by atoms with E-state index in [0.717, 1.165) is 24.9 Å². The molecule has 2 N–H and O–H groups in total. The van der Waals surface area contributed by atoms with Crippen LogP contribution in [0.15, 0.2) is 24.3 Å². The van der Waals surface area contributed by atoms with Crippen LogP contribution in [0.1, 0.15) is 24.8 Å². The zero-order valence-corrected chi connectivity index (χ0v) is 11.8. The van der Waals surface area contributed by atoms with Crippen molar-refractivity contribution < 1.29 is 18.3 Å². The lowest BCUT2D eigenvalue weighted by Crippen LogP contribution is -2.32. The number of nitrogens with one attached hydrogen (secondary N) is 2. The quantitative estimate of drug-likeness (QED) is 0.810. The predicted octanol–water partition coefficient (Wildman–Crippen LogP) is 2.09. The number of hydrogen-bond donors (Lipinski definition) is 2. The van der Waals surface area contributed by atoms with Crippen molar-refractivity contribution in [3.05, 3.63) is 29.8 Å². The normalized spacial score (nSPS) is 18.0. The summed E-state index contributed by atoms with van der Waals surface area (Å²) in [4.78, 5) is 11.7. The van der Waals surface area contributed by atoms with Crippen LogP contribution in [0, 0.1) is 0 Å². The molecule has 2 rings (SSSR count). The fraction of sp³-hybridized carbons (Fsp3) is 0.533. The van der Waals surface area contributed by atoms with Gasteiger partial charge in [-0.05, 0) is 43.5 Å². The fourth-order valence-corrected chi connectivity index (χ4v) is 2.41. The minimum Gasteiger partial charge on any atom is -0.435 e. The molecule has 0 bridgehead atoms. The largest absolute Gasteiger partial charge is 0.435 e. The third-order valence-corrected chi connectivity index (χ3v) is 3.48. The minimum absolute atomic E-state index is 0.0482. The summed E-state index contributed by atoms with van der Waals surface area (Å²) < 4.78 is 28.3. The molecule has 1 fully saturated rings. The zero-order valence-electron chi connectivity index (χ0n) is 11.8. The summed E-state index contributed by atoms with van der Waals surface area (Å²) in [6, 6.07) is 6.76. The van der Waals surface area contributed by atoms with Crippen molar-refractivity contribution in [2.24, 2.45) is 0 Å². The number of ether oxygens (including phenoxy) is 1. The van der Waals surface area contributed by atoms with Crippen LogP contribution in [0.2, 0.25) is 0 Å². The highest BCUT2D eigenvalue weighted by atomic mass is 19.3. The molecule has 0 aliphatic carbocycles. The van der Waals surface area contributed by atoms with Gasteiger partial charge in [-0.25, -0.2) is 0 Å². The van der Waals surface area contributed by atoms with Crippen LogP contribution in [0.25, 0.3) is 0 Å². The first-order chi connectivity index (χ1) is 10.1. The molecular formula is C15H20F2N2O2. The Hall–Kier alpha value is -1.69. The maximum Gasteiger partial charge on any atom is 0.387 e. The van der Waals surface area contributed by atoms with E-state index in [0.29, 0.717) is 25.4 Å². The molecule has 116 valence electrons. The summed E-state index contributed by atoms with van der Waals surface area (Å²) in [5.74, 6) is 0.192. The van der Waals surface area contributed by atoms with Crippen LogP contribution in [0.4, 0.5) is 8.78 Å². The van der Waals surface area contributed by atoms with Crippen LogP contribution < -0.4 is 15.4 Å². The first-order valence-corrected chi connectivity index (χ1v) is 7.17. The summed E-state index contributed by atoms with van der Waals surface area (Å²) in [6.07, 6.45) is 3.37. The number of carbonyl (C=O) groups is 1. The minimum atomic E-state index is -2.81. The molecule has 21 heavy (non-hydrogen) atoms. The molecule has 1 heterocycles. The molecule has 0 aromatic heterocycles. The molecule has 0 saturated carbocycles. The molecule has 1 aliphatic rings. The third-order valence-electron chi connectivity index (χ3n) is 3.48. The van der Waals surface area contributed by atoms with Gasteiger partial charge in [-0.2, -0.15) is 8.78 Å². The van der Waals surface area contributed by atoms with E-state index >= 15 is 0 Å². The average molecular weight is 298 g/mol. The van der Waals surface area contributed by atoms with E-state index in [1.165, 1.54) is 12.1 Å². The van der Waals surface area contributed by atoms with Crippen LogP contribution in [-0.4, -0.2) is 31.7 Å². The number of halogens is 2. The average Bonchev–Trinajstić information content (AvgIpc) is 2.93. The first-order valence-electron chi connectivity index (χ1n) is 7.17. The topological polar surface area (TPSA) is 50.4 Å². The molecule has 1 aromatic carbocycles. The summed E-state index contributed by atoms with van der Waals surface area (Å²) >= 11 is 0. The van der Waals surface area contributed by atoms with Gasteiger partial charge in [0.1, 0.15) is 5.75 Å². The summed E-state index contributed by atoms with van der Waals surface area (Å²) in [6.45, 7) is -1.27. The molecule has 1 aliphatic heterocycles. The first kappa shape index (κ1) is 15.7. The number of hydrogen-bond acceptors (Lipinski definition) is 3. The van der Waals surface area contributed by atoms with Crippen LogP contribution in [0.3, 0.4) is 0 Å². The Morgan fingerprint density at radius 1 is 1.38 bits per heavy atom. The standard InChI is InChI=1S/C15H20F2N2O2/c16-15(17)21-13-5-3-11(4-6-13)7-9-19-14(20)10-12-2-1-8-18-12/h3-6,12,15,18H,1-2,7-10H2,(H,19,20). The van der Waals surface area contributed by atoms with Crippen LogP contribution in [0.5, 0.6) is 5.75 Å². The van der Waals surface area contributed by atoms with Crippen molar-refractivity contribution in [2.45, 2.75) is 38.3 Å². The zero-order chi connectivity index (χ0) is 15.1. The highest BCUT2D eigenvalue weighted by Gasteiger charge is 2.17. The van der Waals surface area contributed by atoms with Crippen LogP contribution >= 0.6 is 0 Å². The van der Waals surface area contributed by atoms with E-state index in [2.05, 4.69) is 15.4 Å². The van der Waals surface area contributed by atoms with Gasteiger partial charge in [-0.3, -0.25) is 4.79 Å². The van der Waals surface area contributed by atoms with E-state index in [4.69, 9.17) is 0 Å². The maximum absolute atomic E-state index is 12.0. The molecule has 1 aromatic rings. The van der Waals surface area contributed by atoms with Crippen LogP contribution in [-0.2, 0) is 11.2 Å². The van der Waals surface area contributed by atoms with Gasteiger partial charge >= 0.3 is 6.61 Å². The monoisotopic (exact) mass is 298 g/mol. The Morgan fingerprint density at radius 2 is 2.14 bits per heavy atom. The lowest BCUT2D eigenvalue weighted by molar-refractivity contribution is -0.121. The fourth-order valence-electron chi connectivity index (χ4n) is 2.41. The molecular weight excluding hydrogens is 278 g/mol. The molecule has 1 amide bonds. The molecule has 0 spiro atoms. The van der Waals surface area contributed by atoms with Gasteiger partial charge in [-0.15, -0.1) is 0 Å². The highest BCUT2D eigenvalue weighted by Crippen LogP contribution is 2.15. The van der Waals surface area contributed by atoms with Gasteiger partial charge in [0.05, 0.1) is 0 Å². The SMILES string of the molecule is O=C(CC1CCCN1)NCCc1ccc(OC(F)F)cc1. The maximum atomic E-state index is 12.0. The Balaban J connectivity index is 1.66. The van der Waals surface area contributed by atoms with Gasteiger partial charge < -0.3 is 15.4 Å². The van der Waals surface area contributed by atoms with Gasteiger partial charge in [-0.1, -0.05) is 12.1 Å². The molecule has 1 saturated heterocycles. The predicted molar refractivity (Wildman–Crippen MR) is 75.4 cm³/mol. The van der Waals surface area contributed by atoms with Crippen molar-refractivity contribution in [1.29, 1.82) is 0 Å². The number of benzene rings is 1. The molecule has 6 heteroatoms. The number of rotatable bonds is 7. The third kappa shape index (κ3) is 5.67. The van der Waals surface area contributed by atoms with E-state index in [1.54, 1.807) is 12.1 Å². The summed E-state index contributed by atoms with van der Waals surface area (Å²) in [7, 11) is 0.